The monoisotopic (exact) mass is 303 g/mol. The standard InChI is InChI=1S/C17H22FN3O/c1-4-10-21(11-5-2)17(22)16-12-15(19-20(16)3)13-8-6-7-9-14(13)18/h6-9,12H,4-5,10-11H2,1-3H3. The van der Waals surface area contributed by atoms with E-state index in [0.717, 1.165) is 12.8 Å². The summed E-state index contributed by atoms with van der Waals surface area (Å²) >= 11 is 0. The second-order valence-electron chi connectivity index (χ2n) is 5.31. The van der Waals surface area contributed by atoms with E-state index in [1.807, 2.05) is 18.7 Å². The van der Waals surface area contributed by atoms with E-state index in [1.54, 1.807) is 31.3 Å². The predicted octanol–water partition coefficient (Wildman–Crippen LogP) is 3.49. The molecule has 0 saturated carbocycles. The van der Waals surface area contributed by atoms with Crippen molar-refractivity contribution in [2.45, 2.75) is 26.7 Å². The number of benzene rings is 1. The van der Waals surface area contributed by atoms with Crippen molar-refractivity contribution in [2.75, 3.05) is 13.1 Å². The van der Waals surface area contributed by atoms with Crippen molar-refractivity contribution >= 4 is 5.91 Å². The average molecular weight is 303 g/mol. The van der Waals surface area contributed by atoms with Gasteiger partial charge in [-0.25, -0.2) is 4.39 Å². The van der Waals surface area contributed by atoms with E-state index in [-0.39, 0.29) is 11.7 Å². The molecule has 0 fully saturated rings. The third-order valence-electron chi connectivity index (χ3n) is 3.52. The lowest BCUT2D eigenvalue weighted by Crippen LogP contribution is -2.33. The van der Waals surface area contributed by atoms with Gasteiger partial charge in [-0.1, -0.05) is 26.0 Å². The normalized spacial score (nSPS) is 10.7. The molecule has 22 heavy (non-hydrogen) atoms. The van der Waals surface area contributed by atoms with Gasteiger partial charge in [-0.3, -0.25) is 9.48 Å². The first kappa shape index (κ1) is 16.2. The molecule has 0 aliphatic carbocycles. The lowest BCUT2D eigenvalue weighted by molar-refractivity contribution is 0.0744. The lowest BCUT2D eigenvalue weighted by Gasteiger charge is -2.21. The number of halogens is 1. The maximum absolute atomic E-state index is 13.9. The molecule has 0 saturated heterocycles. The first-order valence-electron chi connectivity index (χ1n) is 7.66. The molecule has 2 aromatic rings. The third kappa shape index (κ3) is 3.35. The van der Waals surface area contributed by atoms with Crippen LogP contribution in [0.4, 0.5) is 4.39 Å². The van der Waals surface area contributed by atoms with E-state index >= 15 is 0 Å². The second kappa shape index (κ2) is 7.20. The molecule has 4 nitrogen and oxygen atoms in total. The van der Waals surface area contributed by atoms with Gasteiger partial charge in [-0.15, -0.1) is 0 Å². The second-order valence-corrected chi connectivity index (χ2v) is 5.31. The highest BCUT2D eigenvalue weighted by Crippen LogP contribution is 2.22. The molecule has 0 unspecified atom stereocenters. The fraction of sp³-hybridized carbons (Fsp3) is 0.412. The van der Waals surface area contributed by atoms with Gasteiger partial charge in [-0.05, 0) is 31.0 Å². The topological polar surface area (TPSA) is 38.1 Å². The Labute approximate surface area is 130 Å². The molecule has 1 aromatic heterocycles. The van der Waals surface area contributed by atoms with Crippen LogP contribution >= 0.6 is 0 Å². The Hall–Kier alpha value is -2.17. The highest BCUT2D eigenvalue weighted by Gasteiger charge is 2.20. The van der Waals surface area contributed by atoms with Crippen molar-refractivity contribution in [3.63, 3.8) is 0 Å². The average Bonchev–Trinajstić information content (AvgIpc) is 2.88. The van der Waals surface area contributed by atoms with E-state index in [1.165, 1.54) is 10.7 Å². The van der Waals surface area contributed by atoms with Gasteiger partial charge in [0.05, 0.1) is 5.69 Å². The number of hydrogen-bond acceptors (Lipinski definition) is 2. The van der Waals surface area contributed by atoms with Crippen molar-refractivity contribution in [3.05, 3.63) is 41.8 Å². The van der Waals surface area contributed by atoms with Crippen LogP contribution in [0.25, 0.3) is 11.3 Å². The molecule has 0 atom stereocenters. The van der Waals surface area contributed by atoms with Crippen molar-refractivity contribution in [1.82, 2.24) is 14.7 Å². The molecule has 1 amide bonds. The zero-order valence-electron chi connectivity index (χ0n) is 13.3. The number of rotatable bonds is 6. The predicted molar refractivity (Wildman–Crippen MR) is 85.1 cm³/mol. The highest BCUT2D eigenvalue weighted by atomic mass is 19.1. The van der Waals surface area contributed by atoms with Gasteiger partial charge in [0.15, 0.2) is 0 Å². The van der Waals surface area contributed by atoms with Crippen LogP contribution in [0.1, 0.15) is 37.2 Å². The zero-order chi connectivity index (χ0) is 16.1. The van der Waals surface area contributed by atoms with Crippen LogP contribution in [0.2, 0.25) is 0 Å². The molecule has 0 aliphatic rings. The molecule has 0 spiro atoms. The third-order valence-corrected chi connectivity index (χ3v) is 3.52. The molecule has 1 heterocycles. The number of carbonyl (C=O) groups is 1. The van der Waals surface area contributed by atoms with Crippen LogP contribution in [-0.4, -0.2) is 33.7 Å². The van der Waals surface area contributed by atoms with Crippen molar-refractivity contribution < 1.29 is 9.18 Å². The quantitative estimate of drug-likeness (QED) is 0.819. The summed E-state index contributed by atoms with van der Waals surface area (Å²) in [5.41, 5.74) is 1.38. The molecule has 0 bridgehead atoms. The molecule has 118 valence electrons. The number of amides is 1. The van der Waals surface area contributed by atoms with E-state index < -0.39 is 0 Å². The minimum Gasteiger partial charge on any atom is -0.337 e. The summed E-state index contributed by atoms with van der Waals surface area (Å²) in [6.45, 7) is 5.52. The summed E-state index contributed by atoms with van der Waals surface area (Å²) in [5, 5.41) is 4.29. The van der Waals surface area contributed by atoms with Crippen molar-refractivity contribution in [2.24, 2.45) is 7.05 Å². The molecule has 0 N–H and O–H groups in total. The fourth-order valence-electron chi connectivity index (χ4n) is 2.48. The van der Waals surface area contributed by atoms with Crippen LogP contribution in [0.15, 0.2) is 30.3 Å². The van der Waals surface area contributed by atoms with Gasteiger partial charge < -0.3 is 4.90 Å². The molecular formula is C17H22FN3O. The Morgan fingerprint density at radius 1 is 1.23 bits per heavy atom. The zero-order valence-corrected chi connectivity index (χ0v) is 13.3. The Morgan fingerprint density at radius 3 is 2.45 bits per heavy atom. The molecular weight excluding hydrogens is 281 g/mol. The summed E-state index contributed by atoms with van der Waals surface area (Å²) in [7, 11) is 1.72. The summed E-state index contributed by atoms with van der Waals surface area (Å²) in [4.78, 5) is 14.5. The number of hydrogen-bond donors (Lipinski definition) is 0. The SMILES string of the molecule is CCCN(CCC)C(=O)c1cc(-c2ccccc2F)nn1C. The van der Waals surface area contributed by atoms with Crippen LogP contribution < -0.4 is 0 Å². The molecule has 0 radical (unpaired) electrons. The Bertz CT molecular complexity index is 645. The molecule has 5 heteroatoms. The Balaban J connectivity index is 2.33. The number of nitrogens with zero attached hydrogens (tertiary/aromatic N) is 3. The first-order valence-corrected chi connectivity index (χ1v) is 7.66. The van der Waals surface area contributed by atoms with Gasteiger partial charge >= 0.3 is 0 Å². The van der Waals surface area contributed by atoms with Gasteiger partial charge in [-0.2, -0.15) is 5.10 Å². The van der Waals surface area contributed by atoms with E-state index in [4.69, 9.17) is 0 Å². The van der Waals surface area contributed by atoms with Crippen LogP contribution in [0, 0.1) is 5.82 Å². The number of carbonyl (C=O) groups excluding carboxylic acids is 1. The minimum absolute atomic E-state index is 0.0544. The summed E-state index contributed by atoms with van der Waals surface area (Å²) in [6, 6.07) is 8.12. The lowest BCUT2D eigenvalue weighted by atomic mass is 10.1. The Morgan fingerprint density at radius 2 is 1.86 bits per heavy atom. The van der Waals surface area contributed by atoms with E-state index in [9.17, 15) is 9.18 Å². The number of aryl methyl sites for hydroxylation is 1. The molecule has 2 rings (SSSR count). The summed E-state index contributed by atoms with van der Waals surface area (Å²) in [6.07, 6.45) is 1.81. The van der Waals surface area contributed by atoms with E-state index in [0.29, 0.717) is 30.0 Å². The van der Waals surface area contributed by atoms with Gasteiger partial charge in [0.25, 0.3) is 5.91 Å². The van der Waals surface area contributed by atoms with Crippen LogP contribution in [0.3, 0.4) is 0 Å². The number of aromatic nitrogens is 2. The smallest absolute Gasteiger partial charge is 0.272 e. The maximum atomic E-state index is 13.9. The van der Waals surface area contributed by atoms with Gasteiger partial charge in [0, 0.05) is 25.7 Å². The maximum Gasteiger partial charge on any atom is 0.272 e. The summed E-state index contributed by atoms with van der Waals surface area (Å²) < 4.78 is 15.4. The van der Waals surface area contributed by atoms with Gasteiger partial charge in [0.2, 0.25) is 0 Å². The van der Waals surface area contributed by atoms with Crippen LogP contribution in [0.5, 0.6) is 0 Å². The van der Waals surface area contributed by atoms with Gasteiger partial charge in [0.1, 0.15) is 11.5 Å². The molecule has 1 aromatic carbocycles. The van der Waals surface area contributed by atoms with E-state index in [2.05, 4.69) is 5.10 Å². The van der Waals surface area contributed by atoms with Crippen molar-refractivity contribution in [3.8, 4) is 11.3 Å². The van der Waals surface area contributed by atoms with Crippen LogP contribution in [-0.2, 0) is 7.05 Å². The minimum atomic E-state index is -0.335. The fourth-order valence-corrected chi connectivity index (χ4v) is 2.48. The first-order chi connectivity index (χ1) is 10.6. The highest BCUT2D eigenvalue weighted by molar-refractivity contribution is 5.93. The molecule has 0 aliphatic heterocycles. The summed E-state index contributed by atoms with van der Waals surface area (Å²) in [5.74, 6) is -0.389. The largest absolute Gasteiger partial charge is 0.337 e. The van der Waals surface area contributed by atoms with Crippen molar-refractivity contribution in [1.29, 1.82) is 0 Å². The Kier molecular flexibility index (Phi) is 5.31.